The van der Waals surface area contributed by atoms with E-state index in [-0.39, 0.29) is 12.3 Å². The third kappa shape index (κ3) is 9.50. The van der Waals surface area contributed by atoms with Gasteiger partial charge >= 0.3 is 0 Å². The number of aliphatic hydroxyl groups excluding tert-OH is 3. The van der Waals surface area contributed by atoms with Gasteiger partial charge in [-0.2, -0.15) is 0 Å². The molecule has 6 heteroatoms. The largest absolute Gasteiger partial charge is 0.394 e. The van der Waals surface area contributed by atoms with E-state index in [0.717, 1.165) is 0 Å². The fraction of sp³-hybridized carbons (Fsp3) is 0.667. The highest BCUT2D eigenvalue weighted by Gasteiger charge is 2.20. The fourth-order valence-corrected chi connectivity index (χ4v) is 0.150. The van der Waals surface area contributed by atoms with Gasteiger partial charge in [0.2, 0.25) is 0 Å². The summed E-state index contributed by atoms with van der Waals surface area (Å²) in [6.45, 7) is 4.79. The van der Waals surface area contributed by atoms with Gasteiger partial charge < -0.3 is 33.4 Å². The van der Waals surface area contributed by atoms with Crippen molar-refractivity contribution in [1.29, 1.82) is 0 Å². The maximum atomic E-state index is 8.34. The molecule has 12 heavy (non-hydrogen) atoms. The van der Waals surface area contributed by atoms with Crippen molar-refractivity contribution >= 4 is 0 Å². The molecule has 0 fully saturated rings. The molecule has 0 saturated heterocycles. The van der Waals surface area contributed by atoms with Crippen molar-refractivity contribution < 1.29 is 15.3 Å². The van der Waals surface area contributed by atoms with Crippen molar-refractivity contribution in [2.75, 3.05) is 19.8 Å². The molecule has 6 nitrogen and oxygen atoms in total. The van der Waals surface area contributed by atoms with Gasteiger partial charge in [-0.05, 0) is 0 Å². The molecule has 0 aromatic carbocycles. The van der Waals surface area contributed by atoms with Crippen molar-refractivity contribution in [3.05, 3.63) is 13.2 Å². The molecule has 0 bridgehead atoms. The Morgan fingerprint density at radius 1 is 0.917 bits per heavy atom. The van der Waals surface area contributed by atoms with Gasteiger partial charge in [-0.1, -0.05) is 0 Å². The Hall–Kier alpha value is -0.500. The van der Waals surface area contributed by atoms with Crippen LogP contribution in [-0.2, 0) is 0 Å². The van der Waals surface area contributed by atoms with Gasteiger partial charge in [0, 0.05) is 0 Å². The molecular weight excluding hydrogens is 162 g/mol. The van der Waals surface area contributed by atoms with E-state index >= 15 is 0 Å². The molecule has 0 heterocycles. The summed E-state index contributed by atoms with van der Waals surface area (Å²) in [7, 11) is 0. The van der Waals surface area contributed by atoms with Crippen LogP contribution in [0.25, 0.3) is 0 Å². The standard InChI is InChI=1S/C4H11NO3.C2H4.2H3N/c5-4(1-6,2-7)3-8;1-2;;/h6-8H,1-3,5H2;1-2H2;2*1H3. The number of hydrogen-bond donors (Lipinski definition) is 6. The summed E-state index contributed by atoms with van der Waals surface area (Å²) in [4.78, 5) is 0. The maximum absolute atomic E-state index is 8.34. The zero-order valence-electron chi connectivity index (χ0n) is 7.37. The molecule has 0 aliphatic heterocycles. The summed E-state index contributed by atoms with van der Waals surface area (Å²) in [5.41, 5.74) is 3.94. The fourth-order valence-electron chi connectivity index (χ4n) is 0.150. The number of hydrogen-bond acceptors (Lipinski definition) is 6. The molecule has 0 saturated carbocycles. The molecule has 0 aromatic heterocycles. The predicted molar refractivity (Wildman–Crippen MR) is 49.5 cm³/mol. The molecule has 0 radical (unpaired) electrons. The van der Waals surface area contributed by atoms with Crippen LogP contribution in [0.5, 0.6) is 0 Å². The highest BCUT2D eigenvalue weighted by Crippen LogP contribution is 1.93. The van der Waals surface area contributed by atoms with Crippen LogP contribution >= 0.6 is 0 Å². The van der Waals surface area contributed by atoms with Crippen LogP contribution in [0, 0.1) is 0 Å². The van der Waals surface area contributed by atoms with E-state index in [1.807, 2.05) is 0 Å². The lowest BCUT2D eigenvalue weighted by molar-refractivity contribution is 0.0698. The van der Waals surface area contributed by atoms with E-state index in [1.165, 1.54) is 0 Å². The van der Waals surface area contributed by atoms with Crippen LogP contribution in [0.1, 0.15) is 0 Å². The molecule has 0 aliphatic carbocycles. The maximum Gasteiger partial charge on any atom is 0.0856 e. The normalized spacial score (nSPS) is 8.33. The molecule has 0 spiro atoms. The van der Waals surface area contributed by atoms with E-state index in [1.54, 1.807) is 0 Å². The predicted octanol–water partition coefficient (Wildman–Crippen LogP) is -1.21. The Kier molecular flexibility index (Phi) is 24.6. The summed E-state index contributed by atoms with van der Waals surface area (Å²) >= 11 is 0. The lowest BCUT2D eigenvalue weighted by Crippen LogP contribution is -2.50. The summed E-state index contributed by atoms with van der Waals surface area (Å²) in [5, 5.41) is 25.0. The van der Waals surface area contributed by atoms with Crippen molar-refractivity contribution in [2.24, 2.45) is 5.73 Å². The zero-order valence-corrected chi connectivity index (χ0v) is 7.37. The minimum absolute atomic E-state index is 0. The van der Waals surface area contributed by atoms with Crippen LogP contribution in [0.4, 0.5) is 0 Å². The molecule has 0 aromatic rings. The molecule has 78 valence electrons. The van der Waals surface area contributed by atoms with Crippen LogP contribution in [0.2, 0.25) is 0 Å². The van der Waals surface area contributed by atoms with Gasteiger partial charge in [0.1, 0.15) is 0 Å². The lowest BCUT2D eigenvalue weighted by Gasteiger charge is -2.20. The van der Waals surface area contributed by atoms with Gasteiger partial charge in [-0.15, -0.1) is 13.2 Å². The Bertz CT molecular complexity index is 70.2. The number of aliphatic hydroxyl groups is 3. The topological polar surface area (TPSA) is 157 Å². The van der Waals surface area contributed by atoms with E-state index in [0.29, 0.717) is 0 Å². The third-order valence-electron chi connectivity index (χ3n) is 0.945. The van der Waals surface area contributed by atoms with Gasteiger partial charge in [0.15, 0.2) is 0 Å². The number of rotatable bonds is 3. The molecular formula is C6H21N3O3. The van der Waals surface area contributed by atoms with Crippen molar-refractivity contribution in [2.45, 2.75) is 5.54 Å². The first kappa shape index (κ1) is 22.5. The first-order valence-electron chi connectivity index (χ1n) is 2.80. The Balaban J connectivity index is -0.0000000740. The molecule has 0 amide bonds. The SMILES string of the molecule is C=C.N.N.NC(CO)(CO)CO. The highest BCUT2D eigenvalue weighted by molar-refractivity contribution is 4.80. The second kappa shape index (κ2) is 13.1. The smallest absolute Gasteiger partial charge is 0.0856 e. The zero-order chi connectivity index (χ0) is 8.62. The van der Waals surface area contributed by atoms with Crippen molar-refractivity contribution in [3.8, 4) is 0 Å². The van der Waals surface area contributed by atoms with Crippen molar-refractivity contribution in [1.82, 2.24) is 12.3 Å². The van der Waals surface area contributed by atoms with Gasteiger partial charge in [-0.25, -0.2) is 0 Å². The van der Waals surface area contributed by atoms with Gasteiger partial charge in [0.25, 0.3) is 0 Å². The molecule has 0 rings (SSSR count). The van der Waals surface area contributed by atoms with E-state index in [4.69, 9.17) is 21.1 Å². The second-order valence-electron chi connectivity index (χ2n) is 1.84. The minimum Gasteiger partial charge on any atom is -0.394 e. The summed E-state index contributed by atoms with van der Waals surface area (Å²) in [5.74, 6) is 0. The highest BCUT2D eigenvalue weighted by atomic mass is 16.3. The second-order valence-corrected chi connectivity index (χ2v) is 1.84. The van der Waals surface area contributed by atoms with Crippen molar-refractivity contribution in [3.63, 3.8) is 0 Å². The Morgan fingerprint density at radius 3 is 1.08 bits per heavy atom. The molecule has 0 unspecified atom stereocenters. The molecule has 11 N–H and O–H groups in total. The molecule has 0 aliphatic rings. The monoisotopic (exact) mass is 183 g/mol. The minimum atomic E-state index is -1.21. The van der Waals surface area contributed by atoms with Gasteiger partial charge in [0.05, 0.1) is 25.4 Å². The number of nitrogens with two attached hydrogens (primary N) is 1. The van der Waals surface area contributed by atoms with Gasteiger partial charge in [-0.3, -0.25) is 0 Å². The Morgan fingerprint density at radius 2 is 1.08 bits per heavy atom. The summed E-state index contributed by atoms with van der Waals surface area (Å²) in [6.07, 6.45) is 0. The van der Waals surface area contributed by atoms with E-state index in [2.05, 4.69) is 13.2 Å². The lowest BCUT2D eigenvalue weighted by atomic mass is 10.1. The van der Waals surface area contributed by atoms with Crippen LogP contribution < -0.4 is 18.0 Å². The van der Waals surface area contributed by atoms with Crippen LogP contribution in [0.15, 0.2) is 13.2 Å². The van der Waals surface area contributed by atoms with E-state index in [9.17, 15) is 0 Å². The quantitative estimate of drug-likeness (QED) is 0.301. The molecule has 0 atom stereocenters. The summed E-state index contributed by atoms with van der Waals surface area (Å²) < 4.78 is 0. The average Bonchev–Trinajstić information content (AvgIpc) is 2.07. The van der Waals surface area contributed by atoms with Crippen LogP contribution in [0.3, 0.4) is 0 Å². The summed E-state index contributed by atoms with van der Waals surface area (Å²) in [6, 6.07) is 0. The van der Waals surface area contributed by atoms with Crippen LogP contribution in [-0.4, -0.2) is 40.7 Å². The third-order valence-corrected chi connectivity index (χ3v) is 0.945. The first-order valence-corrected chi connectivity index (χ1v) is 2.80. The van der Waals surface area contributed by atoms with E-state index < -0.39 is 25.4 Å². The average molecular weight is 183 g/mol. The first-order chi connectivity index (χ1) is 4.68. The Labute approximate surface area is 72.9 Å².